The van der Waals surface area contributed by atoms with Gasteiger partial charge in [0.1, 0.15) is 5.75 Å². The van der Waals surface area contributed by atoms with Gasteiger partial charge >= 0.3 is 0 Å². The number of carbonyl (C=O) groups is 1. The van der Waals surface area contributed by atoms with Crippen molar-refractivity contribution >= 4 is 5.91 Å². The molecular weight excluding hydrogens is 298 g/mol. The minimum atomic E-state index is -0.00113. The number of amides is 1. The maximum Gasteiger partial charge on any atom is 0.251 e. The predicted octanol–water partition coefficient (Wildman–Crippen LogP) is 4.45. The zero-order valence-corrected chi connectivity index (χ0v) is 15.1. The van der Waals surface area contributed by atoms with Gasteiger partial charge in [0.15, 0.2) is 0 Å². The highest BCUT2D eigenvalue weighted by atomic mass is 16.5. The van der Waals surface area contributed by atoms with Gasteiger partial charge in [-0.3, -0.25) is 4.79 Å². The van der Waals surface area contributed by atoms with Crippen LogP contribution < -0.4 is 10.1 Å². The smallest absolute Gasteiger partial charge is 0.251 e. The fraction of sp³-hybridized carbons (Fsp3) is 0.381. The highest BCUT2D eigenvalue weighted by Gasteiger charge is 2.06. The second-order valence-corrected chi connectivity index (χ2v) is 6.47. The van der Waals surface area contributed by atoms with E-state index in [0.29, 0.717) is 6.54 Å². The third kappa shape index (κ3) is 5.41. The average Bonchev–Trinajstić information content (AvgIpc) is 2.55. The summed E-state index contributed by atoms with van der Waals surface area (Å²) >= 11 is 0. The van der Waals surface area contributed by atoms with E-state index in [4.69, 9.17) is 4.74 Å². The van der Waals surface area contributed by atoms with E-state index in [1.54, 1.807) is 0 Å². The topological polar surface area (TPSA) is 38.3 Å². The molecule has 0 aliphatic rings. The summed E-state index contributed by atoms with van der Waals surface area (Å²) in [4.78, 5) is 12.1. The van der Waals surface area contributed by atoms with Gasteiger partial charge in [0.25, 0.3) is 5.91 Å². The van der Waals surface area contributed by atoms with E-state index in [2.05, 4.69) is 24.4 Å². The molecule has 0 aliphatic heterocycles. The van der Waals surface area contributed by atoms with Crippen LogP contribution in [-0.2, 0) is 6.42 Å². The Morgan fingerprint density at radius 1 is 1.04 bits per heavy atom. The second-order valence-electron chi connectivity index (χ2n) is 6.47. The molecule has 0 fully saturated rings. The lowest BCUT2D eigenvalue weighted by Gasteiger charge is -2.10. The summed E-state index contributed by atoms with van der Waals surface area (Å²) in [6.45, 7) is 8.79. The second kappa shape index (κ2) is 8.53. The van der Waals surface area contributed by atoms with Gasteiger partial charge in [-0.15, -0.1) is 0 Å². The van der Waals surface area contributed by atoms with E-state index in [9.17, 15) is 4.79 Å². The van der Waals surface area contributed by atoms with Crippen molar-refractivity contribution in [2.75, 3.05) is 6.54 Å². The standard InChI is InChI=1S/C21H27NO2/c1-15(2)24-20-11-8-18(9-12-20)6-5-13-22-21(23)19-10-7-16(3)17(4)14-19/h7-12,14-15H,5-6,13H2,1-4H3,(H,22,23). The first kappa shape index (κ1) is 18.1. The lowest BCUT2D eigenvalue weighted by molar-refractivity contribution is 0.0953. The van der Waals surface area contributed by atoms with Crippen LogP contribution in [0.15, 0.2) is 42.5 Å². The molecule has 0 saturated carbocycles. The molecule has 128 valence electrons. The van der Waals surface area contributed by atoms with Crippen LogP contribution in [0.1, 0.15) is 47.3 Å². The molecule has 3 nitrogen and oxygen atoms in total. The molecule has 0 radical (unpaired) electrons. The van der Waals surface area contributed by atoms with Gasteiger partial charge in [0.05, 0.1) is 6.10 Å². The van der Waals surface area contributed by atoms with Crippen LogP contribution >= 0.6 is 0 Å². The molecule has 0 heterocycles. The SMILES string of the molecule is Cc1ccc(C(=O)NCCCc2ccc(OC(C)C)cc2)cc1C. The normalized spacial score (nSPS) is 10.7. The molecule has 3 heteroatoms. The number of carbonyl (C=O) groups excluding carboxylic acids is 1. The van der Waals surface area contributed by atoms with Gasteiger partial charge in [-0.05, 0) is 81.5 Å². The number of hydrogen-bond donors (Lipinski definition) is 1. The molecule has 0 atom stereocenters. The van der Waals surface area contributed by atoms with E-state index in [1.807, 2.05) is 51.1 Å². The molecule has 0 saturated heterocycles. The monoisotopic (exact) mass is 325 g/mol. The summed E-state index contributed by atoms with van der Waals surface area (Å²) in [7, 11) is 0. The van der Waals surface area contributed by atoms with Crippen molar-refractivity contribution in [3.63, 3.8) is 0 Å². The van der Waals surface area contributed by atoms with Crippen molar-refractivity contribution in [3.05, 3.63) is 64.7 Å². The zero-order chi connectivity index (χ0) is 17.5. The summed E-state index contributed by atoms with van der Waals surface area (Å²) in [6, 6.07) is 14.0. The van der Waals surface area contributed by atoms with Crippen LogP contribution in [-0.4, -0.2) is 18.6 Å². The summed E-state index contributed by atoms with van der Waals surface area (Å²) in [6.07, 6.45) is 2.05. The van der Waals surface area contributed by atoms with Crippen molar-refractivity contribution in [2.45, 2.75) is 46.6 Å². The lowest BCUT2D eigenvalue weighted by Crippen LogP contribution is -2.24. The van der Waals surface area contributed by atoms with E-state index < -0.39 is 0 Å². The van der Waals surface area contributed by atoms with Crippen molar-refractivity contribution in [2.24, 2.45) is 0 Å². The number of ether oxygens (including phenoxy) is 1. The Labute approximate surface area is 145 Å². The third-order valence-corrected chi connectivity index (χ3v) is 3.99. The van der Waals surface area contributed by atoms with Crippen LogP contribution in [0.25, 0.3) is 0 Å². The molecule has 0 aliphatic carbocycles. The number of rotatable bonds is 7. The summed E-state index contributed by atoms with van der Waals surface area (Å²) in [5.74, 6) is 0.899. The van der Waals surface area contributed by atoms with E-state index in [-0.39, 0.29) is 12.0 Å². The predicted molar refractivity (Wildman–Crippen MR) is 98.8 cm³/mol. The van der Waals surface area contributed by atoms with Gasteiger partial charge in [-0.25, -0.2) is 0 Å². The first-order valence-corrected chi connectivity index (χ1v) is 8.57. The number of aryl methyl sites for hydroxylation is 3. The molecule has 2 aromatic rings. The lowest BCUT2D eigenvalue weighted by atomic mass is 10.1. The molecule has 0 spiro atoms. The molecule has 24 heavy (non-hydrogen) atoms. The van der Waals surface area contributed by atoms with Crippen LogP contribution in [0, 0.1) is 13.8 Å². The summed E-state index contributed by atoms with van der Waals surface area (Å²) in [5.41, 5.74) is 4.34. The van der Waals surface area contributed by atoms with E-state index in [0.717, 1.165) is 29.7 Å². The Kier molecular flexibility index (Phi) is 6.42. The largest absolute Gasteiger partial charge is 0.491 e. The van der Waals surface area contributed by atoms with E-state index in [1.165, 1.54) is 11.1 Å². The zero-order valence-electron chi connectivity index (χ0n) is 15.1. The fourth-order valence-corrected chi connectivity index (χ4v) is 2.49. The van der Waals surface area contributed by atoms with Gasteiger partial charge in [-0.2, -0.15) is 0 Å². The highest BCUT2D eigenvalue weighted by molar-refractivity contribution is 5.94. The molecule has 0 aromatic heterocycles. The third-order valence-electron chi connectivity index (χ3n) is 3.99. The van der Waals surface area contributed by atoms with Crippen molar-refractivity contribution in [3.8, 4) is 5.75 Å². The van der Waals surface area contributed by atoms with Crippen molar-refractivity contribution in [1.82, 2.24) is 5.32 Å². The first-order valence-electron chi connectivity index (χ1n) is 8.57. The quantitative estimate of drug-likeness (QED) is 0.764. The fourth-order valence-electron chi connectivity index (χ4n) is 2.49. The van der Waals surface area contributed by atoms with Crippen molar-refractivity contribution in [1.29, 1.82) is 0 Å². The molecule has 0 unspecified atom stereocenters. The van der Waals surface area contributed by atoms with Crippen LogP contribution in [0.3, 0.4) is 0 Å². The average molecular weight is 325 g/mol. The number of benzene rings is 2. The first-order chi connectivity index (χ1) is 11.5. The minimum Gasteiger partial charge on any atom is -0.491 e. The summed E-state index contributed by atoms with van der Waals surface area (Å²) < 4.78 is 5.64. The molecular formula is C21H27NO2. The molecule has 0 bridgehead atoms. The summed E-state index contributed by atoms with van der Waals surface area (Å²) in [5, 5.41) is 2.99. The van der Waals surface area contributed by atoms with Gasteiger partial charge in [-0.1, -0.05) is 18.2 Å². The van der Waals surface area contributed by atoms with Gasteiger partial charge in [0, 0.05) is 12.1 Å². The van der Waals surface area contributed by atoms with Gasteiger partial charge in [0.2, 0.25) is 0 Å². The molecule has 1 N–H and O–H groups in total. The van der Waals surface area contributed by atoms with Crippen molar-refractivity contribution < 1.29 is 9.53 Å². The Morgan fingerprint density at radius 3 is 2.38 bits per heavy atom. The van der Waals surface area contributed by atoms with Crippen LogP contribution in [0.5, 0.6) is 5.75 Å². The highest BCUT2D eigenvalue weighted by Crippen LogP contribution is 2.15. The Bertz CT molecular complexity index is 675. The van der Waals surface area contributed by atoms with E-state index >= 15 is 0 Å². The van der Waals surface area contributed by atoms with Crippen LogP contribution in [0.2, 0.25) is 0 Å². The minimum absolute atomic E-state index is 0.00113. The molecule has 2 rings (SSSR count). The number of hydrogen-bond acceptors (Lipinski definition) is 2. The maximum absolute atomic E-state index is 12.1. The number of nitrogens with one attached hydrogen (secondary N) is 1. The maximum atomic E-state index is 12.1. The van der Waals surface area contributed by atoms with Gasteiger partial charge < -0.3 is 10.1 Å². The Hall–Kier alpha value is -2.29. The molecule has 1 amide bonds. The Balaban J connectivity index is 1.76. The molecule has 2 aromatic carbocycles. The Morgan fingerprint density at radius 2 is 1.75 bits per heavy atom. The van der Waals surface area contributed by atoms with Crippen LogP contribution in [0.4, 0.5) is 0 Å².